The third-order valence-electron chi connectivity index (χ3n) is 4.11. The number of Topliss-reactive ketones (excluding diaryl/α,β-unsaturated/α-hetero) is 1. The lowest BCUT2D eigenvalue weighted by atomic mass is 9.97. The molecule has 0 aromatic rings. The number of hydrogen-bond donors (Lipinski definition) is 2. The van der Waals surface area contributed by atoms with Crippen LogP contribution in [0, 0.1) is 5.92 Å². The summed E-state index contributed by atoms with van der Waals surface area (Å²) in [5.74, 6) is -1.41. The monoisotopic (exact) mass is 332 g/mol. The van der Waals surface area contributed by atoms with E-state index in [1.165, 1.54) is 5.57 Å². The predicted octanol–water partition coefficient (Wildman–Crippen LogP) is 3.98. The number of carbonyl (C=O) groups excluding carboxylic acids is 1. The lowest BCUT2D eigenvalue weighted by molar-refractivity contribution is -0.132. The third-order valence-corrected chi connectivity index (χ3v) is 4.11. The largest absolute Gasteiger partial charge is 0.478 e. The standard InChI is InChI=1S/C20H28O4/c1-13(2)7-5-9-16(20(23)24)10-6-8-14(3)11-17-18(21)12-15(4)19(17)22/h7,10-12,17-18,21H,5-6,8-9H2,1-4H3,(H,23,24)/b14-11+,16-10+. The van der Waals surface area contributed by atoms with E-state index in [4.69, 9.17) is 0 Å². The molecule has 0 fully saturated rings. The summed E-state index contributed by atoms with van der Waals surface area (Å²) in [6.07, 6.45) is 8.97. The van der Waals surface area contributed by atoms with E-state index in [1.807, 2.05) is 26.8 Å². The molecule has 0 saturated heterocycles. The van der Waals surface area contributed by atoms with E-state index in [-0.39, 0.29) is 5.78 Å². The summed E-state index contributed by atoms with van der Waals surface area (Å²) in [7, 11) is 0. The van der Waals surface area contributed by atoms with E-state index in [0.717, 1.165) is 12.0 Å². The quantitative estimate of drug-likeness (QED) is 0.521. The van der Waals surface area contributed by atoms with Crippen molar-refractivity contribution in [3.63, 3.8) is 0 Å². The number of carboxylic acid groups (broad SMARTS) is 1. The average Bonchev–Trinajstić information content (AvgIpc) is 2.71. The molecule has 0 aromatic heterocycles. The van der Waals surface area contributed by atoms with E-state index in [0.29, 0.717) is 30.4 Å². The Labute approximate surface area is 144 Å². The SMILES string of the molecule is CC(C)=CCC/C(=C\CC/C(C)=C/C1C(=O)C(C)=CC1O)C(=O)O. The van der Waals surface area contributed by atoms with Crippen LogP contribution in [0.4, 0.5) is 0 Å². The van der Waals surface area contributed by atoms with Crippen molar-refractivity contribution in [2.45, 2.75) is 59.5 Å². The molecule has 0 bridgehead atoms. The van der Waals surface area contributed by atoms with Gasteiger partial charge in [0.15, 0.2) is 5.78 Å². The minimum absolute atomic E-state index is 0.0367. The van der Waals surface area contributed by atoms with Crippen LogP contribution in [0.1, 0.15) is 53.4 Å². The Balaban J connectivity index is 2.59. The van der Waals surface area contributed by atoms with Crippen molar-refractivity contribution in [1.29, 1.82) is 0 Å². The van der Waals surface area contributed by atoms with Gasteiger partial charge in [-0.1, -0.05) is 29.4 Å². The van der Waals surface area contributed by atoms with E-state index < -0.39 is 18.0 Å². The number of allylic oxidation sites excluding steroid dienone is 5. The highest BCUT2D eigenvalue weighted by Crippen LogP contribution is 2.24. The molecule has 0 saturated carbocycles. The highest BCUT2D eigenvalue weighted by atomic mass is 16.4. The molecule has 0 spiro atoms. The second-order valence-electron chi connectivity index (χ2n) is 6.64. The zero-order chi connectivity index (χ0) is 18.3. The molecule has 0 radical (unpaired) electrons. The molecular formula is C20H28O4. The van der Waals surface area contributed by atoms with Crippen LogP contribution in [-0.4, -0.2) is 28.1 Å². The highest BCUT2D eigenvalue weighted by molar-refractivity contribution is 6.01. The van der Waals surface area contributed by atoms with Crippen molar-refractivity contribution in [1.82, 2.24) is 0 Å². The maximum Gasteiger partial charge on any atom is 0.331 e. The highest BCUT2D eigenvalue weighted by Gasteiger charge is 2.30. The van der Waals surface area contributed by atoms with Gasteiger partial charge in [-0.05, 0) is 65.0 Å². The summed E-state index contributed by atoms with van der Waals surface area (Å²) in [6.45, 7) is 7.61. The molecule has 0 aromatic carbocycles. The second kappa shape index (κ2) is 9.38. The predicted molar refractivity (Wildman–Crippen MR) is 95.6 cm³/mol. The number of aliphatic hydroxyl groups excluding tert-OH is 1. The minimum atomic E-state index is -0.875. The van der Waals surface area contributed by atoms with Crippen LogP contribution < -0.4 is 0 Å². The number of carboxylic acids is 1. The molecule has 4 nitrogen and oxygen atoms in total. The molecule has 4 heteroatoms. The lowest BCUT2D eigenvalue weighted by Gasteiger charge is -2.10. The van der Waals surface area contributed by atoms with Crippen molar-refractivity contribution in [3.05, 3.63) is 46.6 Å². The Morgan fingerprint density at radius 3 is 2.29 bits per heavy atom. The second-order valence-corrected chi connectivity index (χ2v) is 6.64. The third kappa shape index (κ3) is 6.28. The van der Waals surface area contributed by atoms with Crippen molar-refractivity contribution < 1.29 is 19.8 Å². The molecule has 0 amide bonds. The van der Waals surface area contributed by atoms with Gasteiger partial charge < -0.3 is 10.2 Å². The molecule has 1 rings (SSSR count). The number of carbonyl (C=O) groups is 2. The molecule has 2 atom stereocenters. The summed E-state index contributed by atoms with van der Waals surface area (Å²) in [5, 5.41) is 19.1. The summed E-state index contributed by atoms with van der Waals surface area (Å²) in [4.78, 5) is 23.2. The molecule has 0 aliphatic heterocycles. The van der Waals surface area contributed by atoms with E-state index >= 15 is 0 Å². The van der Waals surface area contributed by atoms with Gasteiger partial charge in [-0.25, -0.2) is 4.79 Å². The van der Waals surface area contributed by atoms with Gasteiger partial charge in [0.1, 0.15) is 0 Å². The number of rotatable bonds is 8. The van der Waals surface area contributed by atoms with E-state index in [2.05, 4.69) is 0 Å². The Hall–Kier alpha value is -1.94. The Kier molecular flexibility index (Phi) is 7.86. The van der Waals surface area contributed by atoms with Crippen LogP contribution >= 0.6 is 0 Å². The molecule has 2 N–H and O–H groups in total. The molecule has 2 unspecified atom stereocenters. The van der Waals surface area contributed by atoms with Crippen LogP contribution in [0.3, 0.4) is 0 Å². The fourth-order valence-electron chi connectivity index (χ4n) is 2.71. The maximum absolute atomic E-state index is 11.9. The van der Waals surface area contributed by atoms with E-state index in [1.54, 1.807) is 25.2 Å². The van der Waals surface area contributed by atoms with Crippen LogP contribution in [0.25, 0.3) is 0 Å². The smallest absolute Gasteiger partial charge is 0.331 e. The molecule has 0 heterocycles. The van der Waals surface area contributed by atoms with Crippen LogP contribution in [0.2, 0.25) is 0 Å². The molecule has 24 heavy (non-hydrogen) atoms. The summed E-state index contributed by atoms with van der Waals surface area (Å²) in [5.41, 5.74) is 3.20. The van der Waals surface area contributed by atoms with Gasteiger partial charge in [0.25, 0.3) is 0 Å². The lowest BCUT2D eigenvalue weighted by Crippen LogP contribution is -2.18. The topological polar surface area (TPSA) is 74.6 Å². The van der Waals surface area contributed by atoms with Crippen molar-refractivity contribution in [3.8, 4) is 0 Å². The van der Waals surface area contributed by atoms with Gasteiger partial charge in [0.2, 0.25) is 0 Å². The van der Waals surface area contributed by atoms with E-state index in [9.17, 15) is 19.8 Å². The fraction of sp³-hybridized carbons (Fsp3) is 0.500. The van der Waals surface area contributed by atoms with Gasteiger partial charge in [0.05, 0.1) is 12.0 Å². The summed E-state index contributed by atoms with van der Waals surface area (Å²) < 4.78 is 0. The fourth-order valence-corrected chi connectivity index (χ4v) is 2.71. The first-order valence-corrected chi connectivity index (χ1v) is 8.36. The zero-order valence-electron chi connectivity index (χ0n) is 15.0. The van der Waals surface area contributed by atoms with Gasteiger partial charge in [-0.3, -0.25) is 4.79 Å². The number of aliphatic hydroxyl groups is 1. The van der Waals surface area contributed by atoms with Crippen LogP contribution in [0.15, 0.2) is 46.6 Å². The average molecular weight is 332 g/mol. The minimum Gasteiger partial charge on any atom is -0.478 e. The zero-order valence-corrected chi connectivity index (χ0v) is 15.0. The van der Waals surface area contributed by atoms with Crippen molar-refractivity contribution in [2.75, 3.05) is 0 Å². The number of aliphatic carboxylic acids is 1. The molecule has 1 aliphatic rings. The first kappa shape index (κ1) is 20.1. The first-order valence-electron chi connectivity index (χ1n) is 8.36. The van der Waals surface area contributed by atoms with Gasteiger partial charge in [0, 0.05) is 5.57 Å². The number of ketones is 1. The first-order chi connectivity index (χ1) is 11.2. The Morgan fingerprint density at radius 1 is 1.17 bits per heavy atom. The van der Waals surface area contributed by atoms with Gasteiger partial charge in [-0.2, -0.15) is 0 Å². The summed E-state index contributed by atoms with van der Waals surface area (Å²) >= 11 is 0. The Bertz CT molecular complexity index is 601. The normalized spacial score (nSPS) is 21.7. The molecule has 1 aliphatic carbocycles. The van der Waals surface area contributed by atoms with Crippen LogP contribution in [0.5, 0.6) is 0 Å². The maximum atomic E-state index is 11.9. The van der Waals surface area contributed by atoms with Crippen molar-refractivity contribution in [2.24, 2.45) is 5.92 Å². The number of hydrogen-bond acceptors (Lipinski definition) is 3. The van der Waals surface area contributed by atoms with Crippen LogP contribution in [-0.2, 0) is 9.59 Å². The van der Waals surface area contributed by atoms with Gasteiger partial charge in [-0.15, -0.1) is 0 Å². The molecule has 132 valence electrons. The molecular weight excluding hydrogens is 304 g/mol. The Morgan fingerprint density at radius 2 is 1.79 bits per heavy atom. The van der Waals surface area contributed by atoms with Gasteiger partial charge >= 0.3 is 5.97 Å². The summed E-state index contributed by atoms with van der Waals surface area (Å²) in [6, 6.07) is 0. The van der Waals surface area contributed by atoms with Crippen molar-refractivity contribution >= 4 is 11.8 Å².